The summed E-state index contributed by atoms with van der Waals surface area (Å²) >= 11 is 6.19. The van der Waals surface area contributed by atoms with Crippen LogP contribution >= 0.6 is 11.6 Å². The Bertz CT molecular complexity index is 971. The van der Waals surface area contributed by atoms with Crippen LogP contribution in [-0.4, -0.2) is 15.7 Å². The lowest BCUT2D eigenvalue weighted by Crippen LogP contribution is -2.24. The van der Waals surface area contributed by atoms with Crippen LogP contribution in [0.4, 0.5) is 0 Å². The number of amides is 1. The molecule has 0 radical (unpaired) electrons. The second-order valence-electron chi connectivity index (χ2n) is 6.94. The van der Waals surface area contributed by atoms with E-state index in [-0.39, 0.29) is 5.91 Å². The Balaban J connectivity index is 1.57. The molecule has 1 N–H and O–H groups in total. The summed E-state index contributed by atoms with van der Waals surface area (Å²) in [6.45, 7) is 6.72. The summed E-state index contributed by atoms with van der Waals surface area (Å²) in [5.41, 5.74) is 5.48. The van der Waals surface area contributed by atoms with Crippen LogP contribution in [0.3, 0.4) is 0 Å². The highest BCUT2D eigenvalue weighted by atomic mass is 35.5. The second kappa shape index (κ2) is 8.48. The van der Waals surface area contributed by atoms with Crippen LogP contribution in [0, 0.1) is 20.8 Å². The van der Waals surface area contributed by atoms with E-state index in [4.69, 9.17) is 16.3 Å². The van der Waals surface area contributed by atoms with Crippen molar-refractivity contribution in [1.29, 1.82) is 0 Å². The zero-order valence-electron chi connectivity index (χ0n) is 16.5. The fourth-order valence-corrected chi connectivity index (χ4v) is 3.12. The van der Waals surface area contributed by atoms with Gasteiger partial charge in [0, 0.05) is 17.6 Å². The molecule has 0 aliphatic heterocycles. The first-order valence-corrected chi connectivity index (χ1v) is 9.47. The van der Waals surface area contributed by atoms with Gasteiger partial charge in [0.2, 0.25) is 0 Å². The molecule has 28 heavy (non-hydrogen) atoms. The van der Waals surface area contributed by atoms with Crippen molar-refractivity contribution in [3.63, 3.8) is 0 Å². The first kappa shape index (κ1) is 20.0. The molecule has 0 spiro atoms. The average molecular weight is 398 g/mol. The number of carbonyl (C=O) groups excluding carboxylic acids is 1. The molecule has 0 aliphatic rings. The normalized spacial score (nSPS) is 10.8. The van der Waals surface area contributed by atoms with Crippen LogP contribution in [0.2, 0.25) is 5.02 Å². The molecule has 1 aromatic heterocycles. The van der Waals surface area contributed by atoms with Crippen molar-refractivity contribution in [2.45, 2.75) is 33.9 Å². The predicted octanol–water partition coefficient (Wildman–Crippen LogP) is 4.51. The Morgan fingerprint density at radius 1 is 1.11 bits per heavy atom. The van der Waals surface area contributed by atoms with E-state index in [0.717, 1.165) is 38.9 Å². The molecule has 0 fully saturated rings. The van der Waals surface area contributed by atoms with Crippen LogP contribution in [-0.2, 0) is 20.2 Å². The lowest BCUT2D eigenvalue weighted by Gasteiger charge is -2.11. The molecule has 1 heterocycles. The van der Waals surface area contributed by atoms with Crippen molar-refractivity contribution in [3.8, 4) is 5.75 Å². The maximum atomic E-state index is 12.3. The zero-order valence-corrected chi connectivity index (χ0v) is 17.3. The number of nitrogens with zero attached hydrogens (tertiary/aromatic N) is 2. The number of aryl methyl sites for hydroxylation is 4. The summed E-state index contributed by atoms with van der Waals surface area (Å²) < 4.78 is 7.64. The number of ether oxygens (including phenoxy) is 1. The van der Waals surface area contributed by atoms with Gasteiger partial charge in [-0.2, -0.15) is 5.10 Å². The fourth-order valence-electron chi connectivity index (χ4n) is 3.01. The minimum Gasteiger partial charge on any atom is -0.489 e. The third kappa shape index (κ3) is 4.73. The molecule has 3 rings (SSSR count). The maximum Gasteiger partial charge on any atom is 0.251 e. The van der Waals surface area contributed by atoms with Gasteiger partial charge in [0.1, 0.15) is 12.4 Å². The maximum absolute atomic E-state index is 12.3. The SMILES string of the molecule is Cc1cc(CNC(=O)c2ccc(COc3cc(C)c(Cl)c(C)c3)cc2)n(C)n1. The lowest BCUT2D eigenvalue weighted by molar-refractivity contribution is 0.0950. The minimum absolute atomic E-state index is 0.115. The first-order chi connectivity index (χ1) is 13.3. The molecular formula is C22H24ClN3O2. The summed E-state index contributed by atoms with van der Waals surface area (Å²) in [6, 6.07) is 13.2. The average Bonchev–Trinajstić information content (AvgIpc) is 3.00. The quantitative estimate of drug-likeness (QED) is 0.665. The molecule has 0 saturated carbocycles. The van der Waals surface area contributed by atoms with Gasteiger partial charge in [-0.1, -0.05) is 23.7 Å². The summed E-state index contributed by atoms with van der Waals surface area (Å²) in [5, 5.41) is 7.97. The van der Waals surface area contributed by atoms with Crippen molar-refractivity contribution in [2.75, 3.05) is 0 Å². The Morgan fingerprint density at radius 3 is 2.32 bits per heavy atom. The Hall–Kier alpha value is -2.79. The standard InChI is InChI=1S/C22H24ClN3O2/c1-14-9-20(10-15(2)21(14)23)28-13-17-5-7-18(8-6-17)22(27)24-12-19-11-16(3)25-26(19)4/h5-11H,12-13H2,1-4H3,(H,24,27). The monoisotopic (exact) mass is 397 g/mol. The smallest absolute Gasteiger partial charge is 0.251 e. The molecule has 0 atom stereocenters. The van der Waals surface area contributed by atoms with E-state index in [1.165, 1.54) is 0 Å². The molecule has 3 aromatic rings. The van der Waals surface area contributed by atoms with Gasteiger partial charge in [-0.05, 0) is 67.8 Å². The highest BCUT2D eigenvalue weighted by molar-refractivity contribution is 6.32. The van der Waals surface area contributed by atoms with Crippen molar-refractivity contribution in [2.24, 2.45) is 7.05 Å². The van der Waals surface area contributed by atoms with Crippen LogP contribution in [0.15, 0.2) is 42.5 Å². The van der Waals surface area contributed by atoms with Crippen molar-refractivity contribution >= 4 is 17.5 Å². The third-order valence-electron chi connectivity index (χ3n) is 4.56. The van der Waals surface area contributed by atoms with Crippen LogP contribution in [0.1, 0.15) is 38.4 Å². The number of hydrogen-bond donors (Lipinski definition) is 1. The van der Waals surface area contributed by atoms with Gasteiger partial charge in [-0.25, -0.2) is 0 Å². The Morgan fingerprint density at radius 2 is 1.75 bits per heavy atom. The highest BCUT2D eigenvalue weighted by Gasteiger charge is 2.08. The molecule has 6 heteroatoms. The van der Waals surface area contributed by atoms with E-state index in [2.05, 4.69) is 10.4 Å². The molecule has 146 valence electrons. The summed E-state index contributed by atoms with van der Waals surface area (Å²) in [6.07, 6.45) is 0. The van der Waals surface area contributed by atoms with E-state index in [0.29, 0.717) is 18.7 Å². The van der Waals surface area contributed by atoms with Gasteiger partial charge in [0.05, 0.1) is 17.9 Å². The number of halogens is 1. The molecule has 0 unspecified atom stereocenters. The number of rotatable bonds is 6. The van der Waals surface area contributed by atoms with Gasteiger partial charge in [0.25, 0.3) is 5.91 Å². The van der Waals surface area contributed by atoms with Crippen molar-refractivity contribution in [3.05, 3.63) is 81.1 Å². The molecule has 1 amide bonds. The van der Waals surface area contributed by atoms with Crippen molar-refractivity contribution in [1.82, 2.24) is 15.1 Å². The van der Waals surface area contributed by atoms with Crippen molar-refractivity contribution < 1.29 is 9.53 Å². The number of hydrogen-bond acceptors (Lipinski definition) is 3. The lowest BCUT2D eigenvalue weighted by atomic mass is 10.1. The van der Waals surface area contributed by atoms with Crippen LogP contribution in [0.25, 0.3) is 0 Å². The van der Waals surface area contributed by atoms with Gasteiger partial charge < -0.3 is 10.1 Å². The van der Waals surface area contributed by atoms with E-state index in [9.17, 15) is 4.79 Å². The highest BCUT2D eigenvalue weighted by Crippen LogP contribution is 2.26. The van der Waals surface area contributed by atoms with E-state index >= 15 is 0 Å². The van der Waals surface area contributed by atoms with Gasteiger partial charge in [0.15, 0.2) is 0 Å². The molecule has 0 bridgehead atoms. The van der Waals surface area contributed by atoms with E-state index in [1.54, 1.807) is 16.8 Å². The second-order valence-corrected chi connectivity index (χ2v) is 7.32. The van der Waals surface area contributed by atoms with Gasteiger partial charge in [-0.15, -0.1) is 0 Å². The minimum atomic E-state index is -0.115. The first-order valence-electron chi connectivity index (χ1n) is 9.09. The molecule has 0 aliphatic carbocycles. The third-order valence-corrected chi connectivity index (χ3v) is 5.16. The van der Waals surface area contributed by atoms with Crippen LogP contribution in [0.5, 0.6) is 5.75 Å². The van der Waals surface area contributed by atoms with E-state index < -0.39 is 0 Å². The van der Waals surface area contributed by atoms with Gasteiger partial charge >= 0.3 is 0 Å². The summed E-state index contributed by atoms with van der Waals surface area (Å²) in [7, 11) is 1.87. The molecule has 0 saturated heterocycles. The summed E-state index contributed by atoms with van der Waals surface area (Å²) in [4.78, 5) is 12.3. The zero-order chi connectivity index (χ0) is 20.3. The number of aromatic nitrogens is 2. The summed E-state index contributed by atoms with van der Waals surface area (Å²) in [5.74, 6) is 0.669. The Labute approximate surface area is 170 Å². The Kier molecular flexibility index (Phi) is 6.05. The van der Waals surface area contributed by atoms with E-state index in [1.807, 2.05) is 58.2 Å². The predicted molar refractivity (Wildman–Crippen MR) is 111 cm³/mol. The number of nitrogens with one attached hydrogen (secondary N) is 1. The number of benzene rings is 2. The molecule has 5 nitrogen and oxygen atoms in total. The fraction of sp³-hybridized carbons (Fsp3) is 0.273. The van der Waals surface area contributed by atoms with Crippen LogP contribution < -0.4 is 10.1 Å². The molecular weight excluding hydrogens is 374 g/mol. The van der Waals surface area contributed by atoms with Gasteiger partial charge in [-0.3, -0.25) is 9.48 Å². The number of carbonyl (C=O) groups is 1. The molecule has 2 aromatic carbocycles. The largest absolute Gasteiger partial charge is 0.489 e. The topological polar surface area (TPSA) is 56.1 Å².